The fourth-order valence-electron chi connectivity index (χ4n) is 2.89. The van der Waals surface area contributed by atoms with E-state index in [1.54, 1.807) is 6.20 Å². The summed E-state index contributed by atoms with van der Waals surface area (Å²) in [5, 5.41) is 9.04. The summed E-state index contributed by atoms with van der Waals surface area (Å²) in [7, 11) is 1.97. The van der Waals surface area contributed by atoms with Crippen molar-refractivity contribution in [2.45, 2.75) is 19.3 Å². The predicted octanol–water partition coefficient (Wildman–Crippen LogP) is 0.967. The molecule has 1 aliphatic rings. The molecule has 1 fully saturated rings. The van der Waals surface area contributed by atoms with Crippen LogP contribution in [0.3, 0.4) is 0 Å². The van der Waals surface area contributed by atoms with Gasteiger partial charge in [-0.05, 0) is 26.0 Å². The molecule has 0 saturated carbocycles. The lowest BCUT2D eigenvalue weighted by Crippen LogP contribution is -2.24. The van der Waals surface area contributed by atoms with Crippen molar-refractivity contribution in [1.29, 1.82) is 0 Å². The summed E-state index contributed by atoms with van der Waals surface area (Å²) in [6, 6.07) is 1.98. The molecule has 0 spiro atoms. The molecule has 1 unspecified atom stereocenters. The van der Waals surface area contributed by atoms with Gasteiger partial charge in [-0.15, -0.1) is 0 Å². The van der Waals surface area contributed by atoms with E-state index >= 15 is 0 Å². The summed E-state index contributed by atoms with van der Waals surface area (Å²) in [5.41, 5.74) is 1.85. The number of imidazole rings is 1. The SMILES string of the molecule is Cc1cc(-c2nccn2C)nc(C2CCN(CCO)C2)n1. The second kappa shape index (κ2) is 5.91. The van der Waals surface area contributed by atoms with Gasteiger partial charge in [-0.1, -0.05) is 0 Å². The summed E-state index contributed by atoms with van der Waals surface area (Å²) < 4.78 is 1.97. The lowest BCUT2D eigenvalue weighted by Gasteiger charge is -2.14. The van der Waals surface area contributed by atoms with Gasteiger partial charge < -0.3 is 14.6 Å². The zero-order valence-electron chi connectivity index (χ0n) is 12.5. The number of aliphatic hydroxyl groups excluding tert-OH is 1. The minimum Gasteiger partial charge on any atom is -0.395 e. The van der Waals surface area contributed by atoms with E-state index in [0.717, 1.165) is 49.1 Å². The van der Waals surface area contributed by atoms with E-state index in [0.29, 0.717) is 5.92 Å². The van der Waals surface area contributed by atoms with Gasteiger partial charge in [0.05, 0.1) is 6.61 Å². The van der Waals surface area contributed by atoms with Gasteiger partial charge in [0, 0.05) is 44.1 Å². The van der Waals surface area contributed by atoms with Crippen LogP contribution < -0.4 is 0 Å². The van der Waals surface area contributed by atoms with Crippen molar-refractivity contribution < 1.29 is 5.11 Å². The lowest BCUT2D eigenvalue weighted by atomic mass is 10.1. The Morgan fingerprint density at radius 2 is 2.24 bits per heavy atom. The molecule has 6 nitrogen and oxygen atoms in total. The van der Waals surface area contributed by atoms with Crippen LogP contribution in [0, 0.1) is 6.92 Å². The Kier molecular flexibility index (Phi) is 3.98. The normalized spacial score (nSPS) is 19.3. The average Bonchev–Trinajstić information content (AvgIpc) is 3.07. The van der Waals surface area contributed by atoms with Crippen LogP contribution in [0.15, 0.2) is 18.5 Å². The monoisotopic (exact) mass is 287 g/mol. The smallest absolute Gasteiger partial charge is 0.158 e. The van der Waals surface area contributed by atoms with E-state index in [9.17, 15) is 0 Å². The average molecular weight is 287 g/mol. The minimum absolute atomic E-state index is 0.208. The zero-order chi connectivity index (χ0) is 14.8. The number of aromatic nitrogens is 4. The molecular weight excluding hydrogens is 266 g/mol. The van der Waals surface area contributed by atoms with E-state index in [4.69, 9.17) is 10.1 Å². The zero-order valence-corrected chi connectivity index (χ0v) is 12.5. The number of aryl methyl sites for hydroxylation is 2. The Labute approximate surface area is 124 Å². The van der Waals surface area contributed by atoms with Crippen LogP contribution in [0.1, 0.15) is 23.9 Å². The van der Waals surface area contributed by atoms with Gasteiger partial charge >= 0.3 is 0 Å². The van der Waals surface area contributed by atoms with Crippen LogP contribution in [0.5, 0.6) is 0 Å². The number of hydrogen-bond donors (Lipinski definition) is 1. The molecule has 3 rings (SSSR count). The van der Waals surface area contributed by atoms with Gasteiger partial charge in [-0.3, -0.25) is 0 Å². The van der Waals surface area contributed by atoms with E-state index in [-0.39, 0.29) is 6.61 Å². The van der Waals surface area contributed by atoms with Gasteiger partial charge in [0.25, 0.3) is 0 Å². The number of β-amino-alcohol motifs (C(OH)–C–C–N with tert-alkyl or cyclic N) is 1. The number of aliphatic hydroxyl groups is 1. The quantitative estimate of drug-likeness (QED) is 0.907. The van der Waals surface area contributed by atoms with E-state index in [1.807, 2.05) is 30.8 Å². The molecule has 2 aromatic heterocycles. The molecule has 1 atom stereocenters. The van der Waals surface area contributed by atoms with Gasteiger partial charge in [0.15, 0.2) is 5.82 Å². The third-order valence-corrected chi connectivity index (χ3v) is 3.98. The largest absolute Gasteiger partial charge is 0.395 e. The first-order chi connectivity index (χ1) is 10.2. The highest BCUT2D eigenvalue weighted by Gasteiger charge is 2.26. The number of likely N-dealkylation sites (tertiary alicyclic amines) is 1. The van der Waals surface area contributed by atoms with E-state index < -0.39 is 0 Å². The van der Waals surface area contributed by atoms with Crippen molar-refractivity contribution in [3.63, 3.8) is 0 Å². The maximum atomic E-state index is 9.04. The summed E-state index contributed by atoms with van der Waals surface area (Å²) in [6.45, 7) is 4.86. The molecule has 6 heteroatoms. The molecule has 0 bridgehead atoms. The summed E-state index contributed by atoms with van der Waals surface area (Å²) in [6.07, 6.45) is 4.75. The molecule has 1 aliphatic heterocycles. The maximum Gasteiger partial charge on any atom is 0.158 e. The highest BCUT2D eigenvalue weighted by molar-refractivity contribution is 5.50. The third-order valence-electron chi connectivity index (χ3n) is 3.98. The molecule has 112 valence electrons. The van der Waals surface area contributed by atoms with E-state index in [1.165, 1.54) is 0 Å². The Bertz CT molecular complexity index is 624. The van der Waals surface area contributed by atoms with Crippen molar-refractivity contribution in [1.82, 2.24) is 24.4 Å². The number of hydrogen-bond acceptors (Lipinski definition) is 5. The summed E-state index contributed by atoms with van der Waals surface area (Å²) >= 11 is 0. The first-order valence-electron chi connectivity index (χ1n) is 7.34. The van der Waals surface area contributed by atoms with Gasteiger partial charge in [0.2, 0.25) is 0 Å². The maximum absolute atomic E-state index is 9.04. The molecule has 0 radical (unpaired) electrons. The van der Waals surface area contributed by atoms with Crippen molar-refractivity contribution >= 4 is 0 Å². The first-order valence-corrected chi connectivity index (χ1v) is 7.34. The van der Waals surface area contributed by atoms with Crippen LogP contribution in [-0.4, -0.2) is 55.8 Å². The molecule has 1 N–H and O–H groups in total. The molecule has 0 aliphatic carbocycles. The van der Waals surface area contributed by atoms with Gasteiger partial charge in [-0.2, -0.15) is 0 Å². The first kappa shape index (κ1) is 14.2. The van der Waals surface area contributed by atoms with Crippen LogP contribution in [0.4, 0.5) is 0 Å². The van der Waals surface area contributed by atoms with Crippen LogP contribution >= 0.6 is 0 Å². The fourth-order valence-corrected chi connectivity index (χ4v) is 2.89. The second-order valence-corrected chi connectivity index (χ2v) is 5.62. The Morgan fingerprint density at radius 3 is 2.95 bits per heavy atom. The Balaban J connectivity index is 1.87. The minimum atomic E-state index is 0.208. The summed E-state index contributed by atoms with van der Waals surface area (Å²) in [5.74, 6) is 2.11. The van der Waals surface area contributed by atoms with Crippen molar-refractivity contribution in [3.8, 4) is 11.5 Å². The molecule has 21 heavy (non-hydrogen) atoms. The van der Waals surface area contributed by atoms with Crippen molar-refractivity contribution in [2.24, 2.45) is 7.05 Å². The Morgan fingerprint density at radius 1 is 1.38 bits per heavy atom. The molecule has 0 aromatic carbocycles. The number of nitrogens with zero attached hydrogens (tertiary/aromatic N) is 5. The van der Waals surface area contributed by atoms with Crippen molar-refractivity contribution in [3.05, 3.63) is 30.0 Å². The van der Waals surface area contributed by atoms with Crippen LogP contribution in [0.2, 0.25) is 0 Å². The predicted molar refractivity (Wildman–Crippen MR) is 79.9 cm³/mol. The third kappa shape index (κ3) is 2.96. The molecule has 1 saturated heterocycles. The molecule has 3 heterocycles. The van der Waals surface area contributed by atoms with Gasteiger partial charge in [-0.25, -0.2) is 15.0 Å². The lowest BCUT2D eigenvalue weighted by molar-refractivity contribution is 0.220. The van der Waals surface area contributed by atoms with Crippen LogP contribution in [0.25, 0.3) is 11.5 Å². The van der Waals surface area contributed by atoms with E-state index in [2.05, 4.69) is 14.9 Å². The number of rotatable bonds is 4. The second-order valence-electron chi connectivity index (χ2n) is 5.62. The summed E-state index contributed by atoms with van der Waals surface area (Å²) in [4.78, 5) is 16.0. The topological polar surface area (TPSA) is 67.1 Å². The van der Waals surface area contributed by atoms with Crippen LogP contribution in [-0.2, 0) is 7.05 Å². The highest BCUT2D eigenvalue weighted by Crippen LogP contribution is 2.26. The Hall–Kier alpha value is -1.79. The molecule has 2 aromatic rings. The highest BCUT2D eigenvalue weighted by atomic mass is 16.3. The van der Waals surface area contributed by atoms with Gasteiger partial charge in [0.1, 0.15) is 11.5 Å². The standard InChI is InChI=1S/C15H21N5O/c1-11-9-13(15-16-4-6-19(15)2)18-14(17-11)12-3-5-20(10-12)7-8-21/h4,6,9,12,21H,3,5,7-8,10H2,1-2H3. The molecular formula is C15H21N5O. The molecule has 0 amide bonds. The van der Waals surface area contributed by atoms with Crippen molar-refractivity contribution in [2.75, 3.05) is 26.2 Å². The fraction of sp³-hybridized carbons (Fsp3) is 0.533.